The summed E-state index contributed by atoms with van der Waals surface area (Å²) in [4.78, 5) is 4.38. The van der Waals surface area contributed by atoms with Gasteiger partial charge in [-0.1, -0.05) is 36.7 Å². The molecule has 0 fully saturated rings. The lowest BCUT2D eigenvalue weighted by Crippen LogP contribution is -2.11. The maximum absolute atomic E-state index is 6.07. The Hall–Kier alpha value is -1.78. The molecule has 0 spiro atoms. The van der Waals surface area contributed by atoms with Crippen molar-refractivity contribution in [3.8, 4) is 0 Å². The normalized spacial score (nSPS) is 11.4. The van der Waals surface area contributed by atoms with Crippen molar-refractivity contribution in [2.24, 2.45) is 7.05 Å². The number of nitrogens with zero attached hydrogens (tertiary/aromatic N) is 3. The standard InChI is InChI=1S/C16H19ClN4/c1-3-18-8-12-10-21(14-7-5-4-6-13(12)14)11-16-19-9-15(17)20(16)2/h4-7,9-10,18H,3,8,11H2,1-2H3. The molecule has 0 aliphatic carbocycles. The fourth-order valence-corrected chi connectivity index (χ4v) is 2.72. The van der Waals surface area contributed by atoms with Crippen LogP contribution < -0.4 is 5.32 Å². The van der Waals surface area contributed by atoms with Gasteiger partial charge in [0.2, 0.25) is 0 Å². The van der Waals surface area contributed by atoms with Gasteiger partial charge in [-0.2, -0.15) is 0 Å². The second kappa shape index (κ2) is 5.92. The number of nitrogens with one attached hydrogen (secondary N) is 1. The Morgan fingerprint density at radius 3 is 2.81 bits per heavy atom. The number of para-hydroxylation sites is 1. The van der Waals surface area contributed by atoms with E-state index >= 15 is 0 Å². The minimum Gasteiger partial charge on any atom is -0.340 e. The molecule has 0 saturated heterocycles. The van der Waals surface area contributed by atoms with E-state index in [0.717, 1.165) is 25.5 Å². The fourth-order valence-electron chi connectivity index (χ4n) is 2.58. The van der Waals surface area contributed by atoms with Gasteiger partial charge in [0.1, 0.15) is 11.0 Å². The quantitative estimate of drug-likeness (QED) is 0.785. The lowest BCUT2D eigenvalue weighted by molar-refractivity contribution is 0.703. The predicted molar refractivity (Wildman–Crippen MR) is 86.6 cm³/mol. The average Bonchev–Trinajstić information content (AvgIpc) is 3.01. The average molecular weight is 303 g/mol. The number of benzene rings is 1. The summed E-state index contributed by atoms with van der Waals surface area (Å²) >= 11 is 6.07. The highest BCUT2D eigenvalue weighted by Gasteiger charge is 2.11. The summed E-state index contributed by atoms with van der Waals surface area (Å²) in [6.07, 6.45) is 3.90. The summed E-state index contributed by atoms with van der Waals surface area (Å²) in [5.41, 5.74) is 2.54. The number of aromatic nitrogens is 3. The molecule has 4 nitrogen and oxygen atoms in total. The van der Waals surface area contributed by atoms with E-state index in [9.17, 15) is 0 Å². The number of fused-ring (bicyclic) bond motifs is 1. The minimum atomic E-state index is 0.661. The molecule has 1 N–H and O–H groups in total. The third-order valence-corrected chi connectivity index (χ3v) is 4.13. The maximum Gasteiger partial charge on any atom is 0.129 e. The number of halogens is 1. The van der Waals surface area contributed by atoms with Crippen molar-refractivity contribution in [3.63, 3.8) is 0 Å². The van der Waals surface area contributed by atoms with Gasteiger partial charge in [0.25, 0.3) is 0 Å². The lowest BCUT2D eigenvalue weighted by Gasteiger charge is -2.06. The molecule has 3 rings (SSSR count). The molecular weight excluding hydrogens is 284 g/mol. The number of hydrogen-bond acceptors (Lipinski definition) is 2. The number of hydrogen-bond donors (Lipinski definition) is 1. The van der Waals surface area contributed by atoms with E-state index in [2.05, 4.69) is 52.3 Å². The molecule has 5 heteroatoms. The largest absolute Gasteiger partial charge is 0.340 e. The fraction of sp³-hybridized carbons (Fsp3) is 0.312. The molecule has 1 aromatic carbocycles. The Labute approximate surface area is 129 Å². The molecule has 0 unspecified atom stereocenters. The second-order valence-corrected chi connectivity index (χ2v) is 5.52. The van der Waals surface area contributed by atoms with Gasteiger partial charge in [-0.15, -0.1) is 0 Å². The molecule has 2 heterocycles. The Kier molecular flexibility index (Phi) is 3.99. The van der Waals surface area contributed by atoms with Crippen molar-refractivity contribution in [1.29, 1.82) is 0 Å². The summed E-state index contributed by atoms with van der Waals surface area (Å²) in [5.74, 6) is 0.954. The monoisotopic (exact) mass is 302 g/mol. The van der Waals surface area contributed by atoms with Crippen LogP contribution in [0.4, 0.5) is 0 Å². The molecule has 0 saturated carbocycles. The molecule has 0 amide bonds. The molecule has 2 aromatic heterocycles. The van der Waals surface area contributed by atoms with E-state index < -0.39 is 0 Å². The summed E-state index contributed by atoms with van der Waals surface area (Å²) in [6.45, 7) is 4.69. The van der Waals surface area contributed by atoms with E-state index in [1.165, 1.54) is 16.5 Å². The Morgan fingerprint density at radius 1 is 1.29 bits per heavy atom. The molecule has 0 atom stereocenters. The lowest BCUT2D eigenvalue weighted by atomic mass is 10.2. The van der Waals surface area contributed by atoms with Gasteiger partial charge in [0, 0.05) is 30.7 Å². The first kappa shape index (κ1) is 14.2. The van der Waals surface area contributed by atoms with Crippen molar-refractivity contribution >= 4 is 22.5 Å². The van der Waals surface area contributed by atoms with Crippen LogP contribution in [0, 0.1) is 0 Å². The predicted octanol–water partition coefficient (Wildman–Crippen LogP) is 3.19. The Bertz CT molecular complexity index is 757. The summed E-state index contributed by atoms with van der Waals surface area (Å²) in [6, 6.07) is 8.47. The van der Waals surface area contributed by atoms with Crippen molar-refractivity contribution in [1.82, 2.24) is 19.4 Å². The zero-order valence-corrected chi connectivity index (χ0v) is 13.1. The molecule has 0 aliphatic heterocycles. The van der Waals surface area contributed by atoms with Gasteiger partial charge >= 0.3 is 0 Å². The summed E-state index contributed by atoms with van der Waals surface area (Å²) < 4.78 is 4.15. The Balaban J connectivity index is 2.00. The van der Waals surface area contributed by atoms with Crippen LogP contribution in [0.2, 0.25) is 5.15 Å². The van der Waals surface area contributed by atoms with Crippen LogP contribution in [0.25, 0.3) is 10.9 Å². The van der Waals surface area contributed by atoms with Crippen molar-refractivity contribution in [3.05, 3.63) is 53.2 Å². The van der Waals surface area contributed by atoms with Gasteiger partial charge in [-0.25, -0.2) is 4.98 Å². The topological polar surface area (TPSA) is 34.8 Å². The van der Waals surface area contributed by atoms with E-state index in [1.54, 1.807) is 6.20 Å². The Morgan fingerprint density at radius 2 is 2.10 bits per heavy atom. The molecule has 0 radical (unpaired) electrons. The third-order valence-electron chi connectivity index (χ3n) is 3.78. The third kappa shape index (κ3) is 2.69. The SMILES string of the molecule is CCNCc1cn(Cc2ncc(Cl)n2C)c2ccccc12. The van der Waals surface area contributed by atoms with Crippen LogP contribution >= 0.6 is 11.6 Å². The first-order valence-corrected chi connectivity index (χ1v) is 7.52. The highest BCUT2D eigenvalue weighted by Crippen LogP contribution is 2.22. The van der Waals surface area contributed by atoms with E-state index in [1.807, 2.05) is 11.6 Å². The van der Waals surface area contributed by atoms with Crippen LogP contribution in [0.1, 0.15) is 18.3 Å². The highest BCUT2D eigenvalue weighted by atomic mass is 35.5. The first-order chi connectivity index (χ1) is 10.2. The van der Waals surface area contributed by atoms with E-state index in [0.29, 0.717) is 5.15 Å². The van der Waals surface area contributed by atoms with Crippen molar-refractivity contribution < 1.29 is 0 Å². The highest BCUT2D eigenvalue weighted by molar-refractivity contribution is 6.29. The van der Waals surface area contributed by atoms with Gasteiger partial charge in [0.05, 0.1) is 12.7 Å². The van der Waals surface area contributed by atoms with E-state index in [4.69, 9.17) is 11.6 Å². The minimum absolute atomic E-state index is 0.661. The van der Waals surface area contributed by atoms with Crippen LogP contribution in [-0.2, 0) is 20.1 Å². The van der Waals surface area contributed by atoms with Crippen LogP contribution in [-0.4, -0.2) is 20.7 Å². The van der Waals surface area contributed by atoms with Crippen molar-refractivity contribution in [2.45, 2.75) is 20.0 Å². The molecule has 3 aromatic rings. The second-order valence-electron chi connectivity index (χ2n) is 5.14. The van der Waals surface area contributed by atoms with E-state index in [-0.39, 0.29) is 0 Å². The molecule has 0 bridgehead atoms. The van der Waals surface area contributed by atoms with Crippen LogP contribution in [0.3, 0.4) is 0 Å². The molecule has 21 heavy (non-hydrogen) atoms. The van der Waals surface area contributed by atoms with Gasteiger partial charge in [0.15, 0.2) is 0 Å². The molecular formula is C16H19ClN4. The smallest absolute Gasteiger partial charge is 0.129 e. The van der Waals surface area contributed by atoms with Gasteiger partial charge < -0.3 is 14.5 Å². The summed E-state index contributed by atoms with van der Waals surface area (Å²) in [5, 5.41) is 5.35. The summed E-state index contributed by atoms with van der Waals surface area (Å²) in [7, 11) is 1.94. The number of rotatable bonds is 5. The molecule has 110 valence electrons. The molecule has 0 aliphatic rings. The first-order valence-electron chi connectivity index (χ1n) is 7.14. The van der Waals surface area contributed by atoms with Crippen molar-refractivity contribution in [2.75, 3.05) is 6.54 Å². The zero-order valence-electron chi connectivity index (χ0n) is 12.3. The van der Waals surface area contributed by atoms with Gasteiger partial charge in [-0.05, 0) is 18.2 Å². The van der Waals surface area contributed by atoms with Gasteiger partial charge in [-0.3, -0.25) is 0 Å². The zero-order chi connectivity index (χ0) is 14.8. The van der Waals surface area contributed by atoms with Crippen LogP contribution in [0.15, 0.2) is 36.7 Å². The number of imidazole rings is 1. The maximum atomic E-state index is 6.07. The van der Waals surface area contributed by atoms with Crippen LogP contribution in [0.5, 0.6) is 0 Å².